The summed E-state index contributed by atoms with van der Waals surface area (Å²) in [5.41, 5.74) is 1.20. The number of ether oxygens (including phenoxy) is 1. The highest BCUT2D eigenvalue weighted by Crippen LogP contribution is 2.27. The Hall–Kier alpha value is -0.770. The lowest BCUT2D eigenvalue weighted by Gasteiger charge is -2.36. The number of piperidine rings is 1. The van der Waals surface area contributed by atoms with Crippen LogP contribution in [0.5, 0.6) is 5.75 Å². The summed E-state index contributed by atoms with van der Waals surface area (Å²) < 4.78 is 5.48. The zero-order valence-electron chi connectivity index (χ0n) is 12.8. The van der Waals surface area contributed by atoms with Gasteiger partial charge in [0.2, 0.25) is 0 Å². The van der Waals surface area contributed by atoms with E-state index >= 15 is 0 Å². The van der Waals surface area contributed by atoms with Gasteiger partial charge in [0, 0.05) is 35.8 Å². The van der Waals surface area contributed by atoms with E-state index in [-0.39, 0.29) is 0 Å². The molecule has 3 rings (SSSR count). The lowest BCUT2D eigenvalue weighted by Crippen LogP contribution is -2.45. The van der Waals surface area contributed by atoms with E-state index in [4.69, 9.17) is 16.3 Å². The Balaban J connectivity index is 1.66. The minimum atomic E-state index is 0.642. The monoisotopic (exact) mass is 308 g/mol. The third-order valence-electron chi connectivity index (χ3n) is 4.58. The summed E-state index contributed by atoms with van der Waals surface area (Å²) in [5, 5.41) is 4.47. The Bertz CT molecular complexity index is 476. The second kappa shape index (κ2) is 6.99. The van der Waals surface area contributed by atoms with Crippen molar-refractivity contribution in [1.82, 2.24) is 10.2 Å². The molecule has 4 heteroatoms. The molecule has 1 aromatic carbocycles. The van der Waals surface area contributed by atoms with Crippen molar-refractivity contribution in [3.8, 4) is 5.75 Å². The first-order valence-electron chi connectivity index (χ1n) is 8.06. The smallest absolute Gasteiger partial charge is 0.123 e. The van der Waals surface area contributed by atoms with Crippen molar-refractivity contribution in [3.63, 3.8) is 0 Å². The van der Waals surface area contributed by atoms with E-state index in [1.54, 1.807) is 7.11 Å². The molecule has 2 aliphatic rings. The van der Waals surface area contributed by atoms with Crippen LogP contribution >= 0.6 is 11.6 Å². The summed E-state index contributed by atoms with van der Waals surface area (Å²) in [6.45, 7) is 3.22. The quantitative estimate of drug-likeness (QED) is 0.871. The number of halogens is 1. The molecule has 1 unspecified atom stereocenters. The van der Waals surface area contributed by atoms with Gasteiger partial charge >= 0.3 is 0 Å². The van der Waals surface area contributed by atoms with Crippen molar-refractivity contribution in [2.75, 3.05) is 20.2 Å². The Labute approximate surface area is 132 Å². The van der Waals surface area contributed by atoms with Gasteiger partial charge in [-0.3, -0.25) is 4.90 Å². The van der Waals surface area contributed by atoms with E-state index in [1.165, 1.54) is 44.2 Å². The first-order valence-corrected chi connectivity index (χ1v) is 8.44. The molecule has 0 bridgehead atoms. The SMILES string of the molecule is COc1ccc(Cl)cc1CN1CCCCC1CNC1CC1. The maximum atomic E-state index is 6.15. The molecule has 3 nitrogen and oxygen atoms in total. The van der Waals surface area contributed by atoms with E-state index in [1.807, 2.05) is 18.2 Å². The van der Waals surface area contributed by atoms with Crippen molar-refractivity contribution < 1.29 is 4.74 Å². The molecule has 0 aromatic heterocycles. The van der Waals surface area contributed by atoms with Gasteiger partial charge in [-0.2, -0.15) is 0 Å². The van der Waals surface area contributed by atoms with E-state index in [0.29, 0.717) is 6.04 Å². The maximum Gasteiger partial charge on any atom is 0.123 e. The first kappa shape index (κ1) is 15.1. The predicted molar refractivity (Wildman–Crippen MR) is 87.1 cm³/mol. The van der Waals surface area contributed by atoms with Crippen molar-refractivity contribution >= 4 is 11.6 Å². The lowest BCUT2D eigenvalue weighted by atomic mass is 10.0. The predicted octanol–water partition coefficient (Wildman–Crippen LogP) is 3.46. The van der Waals surface area contributed by atoms with Crippen molar-refractivity contribution in [2.45, 2.75) is 50.7 Å². The van der Waals surface area contributed by atoms with Crippen LogP contribution in [0.2, 0.25) is 5.02 Å². The first-order chi connectivity index (χ1) is 10.3. The second-order valence-corrected chi connectivity index (χ2v) is 6.70. The normalized spacial score (nSPS) is 23.2. The van der Waals surface area contributed by atoms with Gasteiger partial charge in [0.15, 0.2) is 0 Å². The zero-order valence-corrected chi connectivity index (χ0v) is 13.5. The molecule has 1 saturated carbocycles. The lowest BCUT2D eigenvalue weighted by molar-refractivity contribution is 0.136. The fourth-order valence-electron chi connectivity index (χ4n) is 3.18. The average molecular weight is 309 g/mol. The second-order valence-electron chi connectivity index (χ2n) is 6.26. The van der Waals surface area contributed by atoms with Gasteiger partial charge in [-0.05, 0) is 50.4 Å². The van der Waals surface area contributed by atoms with Crippen LogP contribution in [0, 0.1) is 0 Å². The van der Waals surface area contributed by atoms with Gasteiger partial charge in [-0.25, -0.2) is 0 Å². The molecule has 1 atom stereocenters. The summed E-state index contributed by atoms with van der Waals surface area (Å²) in [6, 6.07) is 7.34. The van der Waals surface area contributed by atoms with Crippen LogP contribution in [0.1, 0.15) is 37.7 Å². The molecule has 1 saturated heterocycles. The molecule has 1 aliphatic carbocycles. The van der Waals surface area contributed by atoms with Crippen molar-refractivity contribution in [3.05, 3.63) is 28.8 Å². The minimum Gasteiger partial charge on any atom is -0.496 e. The summed E-state index contributed by atoms with van der Waals surface area (Å²) in [7, 11) is 1.73. The van der Waals surface area contributed by atoms with Gasteiger partial charge < -0.3 is 10.1 Å². The molecule has 0 amide bonds. The molecule has 1 aliphatic heterocycles. The standard InChI is InChI=1S/C17H25ClN2O/c1-21-17-8-5-14(18)10-13(17)12-20-9-3-2-4-16(20)11-19-15-6-7-15/h5,8,10,15-16,19H,2-4,6-7,9,11-12H2,1H3. The highest BCUT2D eigenvalue weighted by Gasteiger charge is 2.26. The number of nitrogens with zero attached hydrogens (tertiary/aromatic N) is 1. The van der Waals surface area contributed by atoms with Gasteiger partial charge in [0.1, 0.15) is 5.75 Å². The summed E-state index contributed by atoms with van der Waals surface area (Å²) in [4.78, 5) is 2.59. The van der Waals surface area contributed by atoms with E-state index in [9.17, 15) is 0 Å². The van der Waals surface area contributed by atoms with Crippen LogP contribution in [0.4, 0.5) is 0 Å². The Morgan fingerprint density at radius 1 is 1.29 bits per heavy atom. The fraction of sp³-hybridized carbons (Fsp3) is 0.647. The van der Waals surface area contributed by atoms with Crippen LogP contribution < -0.4 is 10.1 Å². The van der Waals surface area contributed by atoms with Crippen LogP contribution in [0.15, 0.2) is 18.2 Å². The minimum absolute atomic E-state index is 0.642. The number of hydrogen-bond acceptors (Lipinski definition) is 3. The summed E-state index contributed by atoms with van der Waals surface area (Å²) in [6.07, 6.45) is 6.65. The van der Waals surface area contributed by atoms with Crippen molar-refractivity contribution in [1.29, 1.82) is 0 Å². The molecule has 0 spiro atoms. The number of likely N-dealkylation sites (tertiary alicyclic amines) is 1. The highest BCUT2D eigenvalue weighted by atomic mass is 35.5. The number of rotatable bonds is 6. The molecular formula is C17H25ClN2O. The zero-order chi connectivity index (χ0) is 14.7. The van der Waals surface area contributed by atoms with Crippen LogP contribution in [-0.2, 0) is 6.54 Å². The van der Waals surface area contributed by atoms with Crippen molar-refractivity contribution in [2.24, 2.45) is 0 Å². The molecular weight excluding hydrogens is 284 g/mol. The molecule has 2 fully saturated rings. The van der Waals surface area contributed by atoms with Gasteiger partial charge in [0.05, 0.1) is 7.11 Å². The number of hydrogen-bond donors (Lipinski definition) is 1. The summed E-state index contributed by atoms with van der Waals surface area (Å²) in [5.74, 6) is 0.943. The highest BCUT2D eigenvalue weighted by molar-refractivity contribution is 6.30. The number of methoxy groups -OCH3 is 1. The Morgan fingerprint density at radius 2 is 2.14 bits per heavy atom. The van der Waals surface area contributed by atoms with Crippen LogP contribution in [0.25, 0.3) is 0 Å². The number of nitrogens with one attached hydrogen (secondary N) is 1. The van der Waals surface area contributed by atoms with E-state index < -0.39 is 0 Å². The molecule has 1 N–H and O–H groups in total. The molecule has 1 heterocycles. The Morgan fingerprint density at radius 3 is 2.90 bits per heavy atom. The van der Waals surface area contributed by atoms with E-state index in [0.717, 1.165) is 29.9 Å². The fourth-order valence-corrected chi connectivity index (χ4v) is 3.37. The molecule has 21 heavy (non-hydrogen) atoms. The molecule has 0 radical (unpaired) electrons. The van der Waals surface area contributed by atoms with Crippen LogP contribution in [-0.4, -0.2) is 37.2 Å². The third-order valence-corrected chi connectivity index (χ3v) is 4.82. The topological polar surface area (TPSA) is 24.5 Å². The van der Waals surface area contributed by atoms with Gasteiger partial charge in [0.25, 0.3) is 0 Å². The average Bonchev–Trinajstić information content (AvgIpc) is 3.31. The largest absolute Gasteiger partial charge is 0.496 e. The van der Waals surface area contributed by atoms with E-state index in [2.05, 4.69) is 10.2 Å². The molecule has 116 valence electrons. The van der Waals surface area contributed by atoms with Gasteiger partial charge in [-0.15, -0.1) is 0 Å². The van der Waals surface area contributed by atoms with Crippen LogP contribution in [0.3, 0.4) is 0 Å². The number of benzene rings is 1. The van der Waals surface area contributed by atoms with Gasteiger partial charge in [-0.1, -0.05) is 18.0 Å². The molecule has 1 aromatic rings. The summed E-state index contributed by atoms with van der Waals surface area (Å²) >= 11 is 6.15. The Kier molecular flexibility index (Phi) is 5.04. The maximum absolute atomic E-state index is 6.15. The third kappa shape index (κ3) is 4.12.